The molecule has 4 nitrogen and oxygen atoms in total. The van der Waals surface area contributed by atoms with Gasteiger partial charge in [-0.2, -0.15) is 0 Å². The smallest absolute Gasteiger partial charge is 0.222 e. The normalized spacial score (nSPS) is 22.1. The molecule has 19 heavy (non-hydrogen) atoms. The highest BCUT2D eigenvalue weighted by Crippen LogP contribution is 2.28. The van der Waals surface area contributed by atoms with Gasteiger partial charge in [-0.15, -0.1) is 0 Å². The van der Waals surface area contributed by atoms with Crippen molar-refractivity contribution in [2.24, 2.45) is 11.7 Å². The molecule has 4 heteroatoms. The van der Waals surface area contributed by atoms with Gasteiger partial charge < -0.3 is 10.6 Å². The van der Waals surface area contributed by atoms with Gasteiger partial charge in [0, 0.05) is 32.6 Å². The van der Waals surface area contributed by atoms with Gasteiger partial charge in [-0.3, -0.25) is 9.69 Å². The molecule has 1 heterocycles. The molecule has 110 valence electrons. The van der Waals surface area contributed by atoms with Crippen LogP contribution in [0.4, 0.5) is 0 Å². The van der Waals surface area contributed by atoms with Crippen molar-refractivity contribution in [1.82, 2.24) is 9.80 Å². The summed E-state index contributed by atoms with van der Waals surface area (Å²) >= 11 is 0. The van der Waals surface area contributed by atoms with Crippen LogP contribution < -0.4 is 5.73 Å². The van der Waals surface area contributed by atoms with Gasteiger partial charge >= 0.3 is 0 Å². The summed E-state index contributed by atoms with van der Waals surface area (Å²) in [6, 6.07) is 0. The van der Waals surface area contributed by atoms with Crippen molar-refractivity contribution in [1.29, 1.82) is 0 Å². The van der Waals surface area contributed by atoms with Gasteiger partial charge in [-0.25, -0.2) is 0 Å². The molecule has 0 aromatic rings. The minimum atomic E-state index is 0.380. The topological polar surface area (TPSA) is 49.6 Å². The van der Waals surface area contributed by atoms with E-state index in [1.54, 1.807) is 0 Å². The lowest BCUT2D eigenvalue weighted by Gasteiger charge is -2.34. The SMILES string of the molecule is NCCCN1CCN(C(=O)CCC2CCCC2)CC1. The summed E-state index contributed by atoms with van der Waals surface area (Å²) in [5.74, 6) is 1.21. The molecular weight excluding hydrogens is 238 g/mol. The molecule has 0 unspecified atom stereocenters. The Morgan fingerprint density at radius 3 is 2.42 bits per heavy atom. The van der Waals surface area contributed by atoms with Gasteiger partial charge in [0.1, 0.15) is 0 Å². The highest BCUT2D eigenvalue weighted by Gasteiger charge is 2.22. The van der Waals surface area contributed by atoms with E-state index in [9.17, 15) is 4.79 Å². The maximum Gasteiger partial charge on any atom is 0.222 e. The zero-order valence-corrected chi connectivity index (χ0v) is 12.1. The van der Waals surface area contributed by atoms with Crippen molar-refractivity contribution in [2.75, 3.05) is 39.3 Å². The summed E-state index contributed by atoms with van der Waals surface area (Å²) in [6.07, 6.45) is 8.40. The lowest BCUT2D eigenvalue weighted by molar-refractivity contribution is -0.133. The van der Waals surface area contributed by atoms with Gasteiger partial charge in [-0.1, -0.05) is 25.7 Å². The van der Waals surface area contributed by atoms with E-state index in [1.807, 2.05) is 0 Å². The standard InChI is InChI=1S/C15H29N3O/c16-8-3-9-17-10-12-18(13-11-17)15(19)7-6-14-4-1-2-5-14/h14H,1-13,16H2. The summed E-state index contributed by atoms with van der Waals surface area (Å²) < 4.78 is 0. The number of piperazine rings is 1. The number of amides is 1. The van der Waals surface area contributed by atoms with Crippen molar-refractivity contribution in [2.45, 2.75) is 44.9 Å². The van der Waals surface area contributed by atoms with Crippen LogP contribution in [0.2, 0.25) is 0 Å². The molecule has 2 rings (SSSR count). The van der Waals surface area contributed by atoms with Crippen LogP contribution in [0.25, 0.3) is 0 Å². The molecule has 0 aromatic heterocycles. The Balaban J connectivity index is 1.61. The second kappa shape index (κ2) is 7.85. The largest absolute Gasteiger partial charge is 0.340 e. The first-order valence-corrected chi connectivity index (χ1v) is 8.00. The average molecular weight is 267 g/mol. The fourth-order valence-electron chi connectivity index (χ4n) is 3.32. The molecular formula is C15H29N3O. The molecule has 0 aromatic carbocycles. The monoisotopic (exact) mass is 267 g/mol. The molecule has 0 spiro atoms. The van der Waals surface area contributed by atoms with E-state index in [0.717, 1.165) is 64.4 Å². The number of carbonyl (C=O) groups is 1. The van der Waals surface area contributed by atoms with E-state index >= 15 is 0 Å². The Kier molecular flexibility index (Phi) is 6.11. The molecule has 1 saturated heterocycles. The van der Waals surface area contributed by atoms with Crippen LogP contribution in [0.15, 0.2) is 0 Å². The van der Waals surface area contributed by atoms with Gasteiger partial charge in [0.2, 0.25) is 5.91 Å². The minimum absolute atomic E-state index is 0.380. The van der Waals surface area contributed by atoms with Crippen LogP contribution in [0.5, 0.6) is 0 Å². The van der Waals surface area contributed by atoms with E-state index < -0.39 is 0 Å². The Bertz CT molecular complexity index is 269. The third kappa shape index (κ3) is 4.77. The number of nitrogens with two attached hydrogens (primary N) is 1. The first-order valence-electron chi connectivity index (χ1n) is 8.00. The number of rotatable bonds is 6. The highest BCUT2D eigenvalue weighted by molar-refractivity contribution is 5.76. The predicted molar refractivity (Wildman–Crippen MR) is 77.9 cm³/mol. The molecule has 2 aliphatic rings. The third-order valence-electron chi connectivity index (χ3n) is 4.64. The number of carbonyl (C=O) groups excluding carboxylic acids is 1. The Morgan fingerprint density at radius 2 is 1.79 bits per heavy atom. The van der Waals surface area contributed by atoms with Crippen molar-refractivity contribution in [3.63, 3.8) is 0 Å². The second-order valence-corrected chi connectivity index (χ2v) is 6.05. The summed E-state index contributed by atoms with van der Waals surface area (Å²) in [5, 5.41) is 0. The van der Waals surface area contributed by atoms with Gasteiger partial charge in [0.05, 0.1) is 0 Å². The van der Waals surface area contributed by atoms with Gasteiger partial charge in [0.25, 0.3) is 0 Å². The van der Waals surface area contributed by atoms with Crippen LogP contribution in [-0.2, 0) is 4.79 Å². The lowest BCUT2D eigenvalue weighted by atomic mass is 10.0. The molecule has 1 amide bonds. The first-order chi connectivity index (χ1) is 9.29. The Hall–Kier alpha value is -0.610. The minimum Gasteiger partial charge on any atom is -0.340 e. The van der Waals surface area contributed by atoms with Crippen molar-refractivity contribution in [3.8, 4) is 0 Å². The number of hydrogen-bond acceptors (Lipinski definition) is 3. The van der Waals surface area contributed by atoms with E-state index in [1.165, 1.54) is 25.7 Å². The molecule has 2 N–H and O–H groups in total. The highest BCUT2D eigenvalue weighted by atomic mass is 16.2. The maximum absolute atomic E-state index is 12.2. The third-order valence-corrected chi connectivity index (χ3v) is 4.64. The van der Waals surface area contributed by atoms with Crippen LogP contribution in [0.3, 0.4) is 0 Å². The molecule has 1 aliphatic carbocycles. The molecule has 0 atom stereocenters. The average Bonchev–Trinajstić information content (AvgIpc) is 2.96. The van der Waals surface area contributed by atoms with E-state index in [2.05, 4.69) is 9.80 Å². The molecule has 1 aliphatic heterocycles. The number of hydrogen-bond donors (Lipinski definition) is 1. The summed E-state index contributed by atoms with van der Waals surface area (Å²) in [7, 11) is 0. The van der Waals surface area contributed by atoms with Crippen LogP contribution in [0, 0.1) is 5.92 Å². The van der Waals surface area contributed by atoms with Crippen LogP contribution in [0.1, 0.15) is 44.9 Å². The maximum atomic E-state index is 12.2. The molecule has 1 saturated carbocycles. The zero-order valence-electron chi connectivity index (χ0n) is 12.1. The van der Waals surface area contributed by atoms with Crippen molar-refractivity contribution >= 4 is 5.91 Å². The summed E-state index contributed by atoms with van der Waals surface area (Å²) in [6.45, 7) is 5.72. The fourth-order valence-corrected chi connectivity index (χ4v) is 3.32. The van der Waals surface area contributed by atoms with Gasteiger partial charge in [0.15, 0.2) is 0 Å². The zero-order chi connectivity index (χ0) is 13.5. The second-order valence-electron chi connectivity index (χ2n) is 6.05. The van der Waals surface area contributed by atoms with Crippen molar-refractivity contribution < 1.29 is 4.79 Å². The summed E-state index contributed by atoms with van der Waals surface area (Å²) in [5.41, 5.74) is 5.53. The molecule has 0 bridgehead atoms. The Morgan fingerprint density at radius 1 is 1.11 bits per heavy atom. The molecule has 2 fully saturated rings. The van der Waals surface area contributed by atoms with E-state index in [-0.39, 0.29) is 0 Å². The van der Waals surface area contributed by atoms with E-state index in [4.69, 9.17) is 5.73 Å². The fraction of sp³-hybridized carbons (Fsp3) is 0.933. The first kappa shape index (κ1) is 14.8. The van der Waals surface area contributed by atoms with Crippen LogP contribution in [-0.4, -0.2) is 55.0 Å². The van der Waals surface area contributed by atoms with Crippen molar-refractivity contribution in [3.05, 3.63) is 0 Å². The molecule has 0 radical (unpaired) electrons. The quantitative estimate of drug-likeness (QED) is 0.792. The predicted octanol–water partition coefficient (Wildman–Crippen LogP) is 1.45. The number of nitrogens with zero attached hydrogens (tertiary/aromatic N) is 2. The van der Waals surface area contributed by atoms with Crippen LogP contribution >= 0.6 is 0 Å². The lowest BCUT2D eigenvalue weighted by Crippen LogP contribution is -2.49. The summed E-state index contributed by atoms with van der Waals surface area (Å²) in [4.78, 5) is 16.7. The Labute approximate surface area is 117 Å². The van der Waals surface area contributed by atoms with E-state index in [0.29, 0.717) is 5.91 Å². The van der Waals surface area contributed by atoms with Gasteiger partial charge in [-0.05, 0) is 31.8 Å².